The highest BCUT2D eigenvalue weighted by atomic mass is 32.2. The topological polar surface area (TPSA) is 59.3 Å². The van der Waals surface area contributed by atoms with E-state index in [0.717, 1.165) is 22.9 Å². The van der Waals surface area contributed by atoms with Gasteiger partial charge in [-0.05, 0) is 17.8 Å². The average Bonchev–Trinajstić information content (AvgIpc) is 2.18. The molecule has 1 rings (SSSR count). The zero-order chi connectivity index (χ0) is 13.1. The van der Waals surface area contributed by atoms with Crippen molar-refractivity contribution in [1.82, 2.24) is 4.57 Å². The third-order valence-electron chi connectivity index (χ3n) is 1.83. The van der Waals surface area contributed by atoms with Crippen LogP contribution >= 0.6 is 11.8 Å². The number of carboxylic acids is 1. The Morgan fingerprint density at radius 3 is 2.59 bits per heavy atom. The van der Waals surface area contributed by atoms with Gasteiger partial charge >= 0.3 is 11.5 Å². The van der Waals surface area contributed by atoms with E-state index in [1.165, 1.54) is 0 Å². The SMILES string of the molecule is O=C(O)c1ccc(=O)n(CCSC(F)(F)F)c1. The molecule has 0 saturated carbocycles. The second kappa shape index (κ2) is 5.26. The summed E-state index contributed by atoms with van der Waals surface area (Å²) in [6, 6.07) is 2.12. The van der Waals surface area contributed by atoms with Crippen molar-refractivity contribution in [2.24, 2.45) is 0 Å². The van der Waals surface area contributed by atoms with Crippen LogP contribution in [0.2, 0.25) is 0 Å². The summed E-state index contributed by atoms with van der Waals surface area (Å²) in [5, 5.41) is 8.65. The fourth-order valence-electron chi connectivity index (χ4n) is 1.09. The van der Waals surface area contributed by atoms with Crippen LogP contribution in [0.5, 0.6) is 0 Å². The highest BCUT2D eigenvalue weighted by Crippen LogP contribution is 2.29. The molecule has 0 spiro atoms. The van der Waals surface area contributed by atoms with Crippen LogP contribution in [0.4, 0.5) is 13.2 Å². The molecule has 0 unspecified atom stereocenters. The quantitative estimate of drug-likeness (QED) is 0.903. The Labute approximate surface area is 98.1 Å². The Hall–Kier alpha value is -1.44. The van der Waals surface area contributed by atoms with E-state index in [2.05, 4.69) is 0 Å². The molecule has 8 heteroatoms. The van der Waals surface area contributed by atoms with E-state index in [1.807, 2.05) is 0 Å². The predicted octanol–water partition coefficient (Wildman–Crippen LogP) is 1.80. The number of alkyl halides is 3. The van der Waals surface area contributed by atoms with Gasteiger partial charge in [-0.1, -0.05) is 0 Å². The molecule has 0 amide bonds. The van der Waals surface area contributed by atoms with Crippen LogP contribution in [0.1, 0.15) is 10.4 Å². The van der Waals surface area contributed by atoms with Gasteiger partial charge in [0.2, 0.25) is 0 Å². The lowest BCUT2D eigenvalue weighted by molar-refractivity contribution is -0.0328. The largest absolute Gasteiger partial charge is 0.478 e. The van der Waals surface area contributed by atoms with E-state index in [9.17, 15) is 22.8 Å². The highest BCUT2D eigenvalue weighted by molar-refractivity contribution is 8.00. The maximum atomic E-state index is 11.8. The van der Waals surface area contributed by atoms with Crippen LogP contribution in [0, 0.1) is 0 Å². The van der Waals surface area contributed by atoms with Gasteiger partial charge in [0, 0.05) is 24.6 Å². The molecule has 1 aromatic rings. The summed E-state index contributed by atoms with van der Waals surface area (Å²) in [6.07, 6.45) is 1.03. The summed E-state index contributed by atoms with van der Waals surface area (Å²) in [5.74, 6) is -1.57. The number of aryl methyl sites for hydroxylation is 1. The van der Waals surface area contributed by atoms with Crippen molar-refractivity contribution in [3.63, 3.8) is 0 Å². The van der Waals surface area contributed by atoms with Gasteiger partial charge in [-0.3, -0.25) is 4.79 Å². The molecule has 0 aromatic carbocycles. The molecule has 0 atom stereocenters. The van der Waals surface area contributed by atoms with Gasteiger partial charge in [0.1, 0.15) is 0 Å². The molecule has 0 aliphatic heterocycles. The Morgan fingerprint density at radius 1 is 1.41 bits per heavy atom. The molecule has 17 heavy (non-hydrogen) atoms. The van der Waals surface area contributed by atoms with E-state index in [4.69, 9.17) is 5.11 Å². The number of aromatic carboxylic acids is 1. The van der Waals surface area contributed by atoms with Crippen molar-refractivity contribution in [2.45, 2.75) is 12.1 Å². The van der Waals surface area contributed by atoms with Gasteiger partial charge < -0.3 is 9.67 Å². The Bertz CT molecular complexity index is 469. The maximum absolute atomic E-state index is 11.8. The standard InChI is InChI=1S/C9H8F3NO3S/c10-9(11,12)17-4-3-13-5-6(8(15)16)1-2-7(13)14/h1-2,5H,3-4H2,(H,15,16). The lowest BCUT2D eigenvalue weighted by Gasteiger charge is -2.08. The summed E-state index contributed by atoms with van der Waals surface area (Å²) in [4.78, 5) is 21.8. The molecule has 1 aromatic heterocycles. The molecule has 0 aliphatic carbocycles. The molecular formula is C9H8F3NO3S. The van der Waals surface area contributed by atoms with Gasteiger partial charge in [0.15, 0.2) is 0 Å². The number of thioether (sulfide) groups is 1. The number of hydrogen-bond donors (Lipinski definition) is 1. The Morgan fingerprint density at radius 2 is 2.06 bits per heavy atom. The first-order valence-corrected chi connectivity index (χ1v) is 5.42. The van der Waals surface area contributed by atoms with Crippen molar-refractivity contribution >= 4 is 17.7 Å². The molecule has 4 nitrogen and oxygen atoms in total. The zero-order valence-electron chi connectivity index (χ0n) is 8.40. The minimum absolute atomic E-state index is 0.137. The minimum Gasteiger partial charge on any atom is -0.478 e. The molecular weight excluding hydrogens is 259 g/mol. The molecule has 0 saturated heterocycles. The van der Waals surface area contributed by atoms with E-state index < -0.39 is 17.0 Å². The van der Waals surface area contributed by atoms with Crippen LogP contribution in [-0.2, 0) is 6.54 Å². The van der Waals surface area contributed by atoms with E-state index >= 15 is 0 Å². The third-order valence-corrected chi connectivity index (χ3v) is 2.54. The Balaban J connectivity index is 2.74. The number of halogens is 3. The monoisotopic (exact) mass is 267 g/mol. The first-order chi connectivity index (χ1) is 7.79. The normalized spacial score (nSPS) is 11.5. The van der Waals surface area contributed by atoms with Gasteiger partial charge in [-0.25, -0.2) is 4.79 Å². The van der Waals surface area contributed by atoms with E-state index in [1.54, 1.807) is 0 Å². The molecule has 94 valence electrons. The first kappa shape index (κ1) is 13.6. The number of pyridine rings is 1. The minimum atomic E-state index is -4.35. The molecule has 0 aliphatic rings. The number of carbonyl (C=O) groups is 1. The highest BCUT2D eigenvalue weighted by Gasteiger charge is 2.27. The average molecular weight is 267 g/mol. The van der Waals surface area contributed by atoms with Crippen molar-refractivity contribution in [3.8, 4) is 0 Å². The van der Waals surface area contributed by atoms with E-state index in [0.29, 0.717) is 0 Å². The van der Waals surface area contributed by atoms with Crippen molar-refractivity contribution in [2.75, 3.05) is 5.75 Å². The van der Waals surface area contributed by atoms with Crippen LogP contribution in [0.15, 0.2) is 23.1 Å². The van der Waals surface area contributed by atoms with Crippen molar-refractivity contribution in [3.05, 3.63) is 34.2 Å². The lowest BCUT2D eigenvalue weighted by Crippen LogP contribution is -2.21. The summed E-state index contributed by atoms with van der Waals surface area (Å²) in [6.45, 7) is -0.190. The van der Waals surface area contributed by atoms with Crippen molar-refractivity contribution in [1.29, 1.82) is 0 Å². The number of carboxylic acid groups (broad SMARTS) is 1. The second-order valence-electron chi connectivity index (χ2n) is 3.05. The number of nitrogens with zero attached hydrogens (tertiary/aromatic N) is 1. The third kappa shape index (κ3) is 4.51. The fourth-order valence-corrected chi connectivity index (χ4v) is 1.61. The van der Waals surface area contributed by atoms with Gasteiger partial charge in [0.05, 0.1) is 5.56 Å². The number of hydrogen-bond acceptors (Lipinski definition) is 3. The molecule has 0 bridgehead atoms. The van der Waals surface area contributed by atoms with Gasteiger partial charge in [-0.2, -0.15) is 13.2 Å². The smallest absolute Gasteiger partial charge is 0.441 e. The van der Waals surface area contributed by atoms with Crippen LogP contribution < -0.4 is 5.56 Å². The number of aromatic nitrogens is 1. The van der Waals surface area contributed by atoms with Crippen LogP contribution in [-0.4, -0.2) is 26.9 Å². The molecule has 0 radical (unpaired) electrons. The zero-order valence-corrected chi connectivity index (χ0v) is 9.22. The van der Waals surface area contributed by atoms with Crippen LogP contribution in [0.3, 0.4) is 0 Å². The van der Waals surface area contributed by atoms with Crippen LogP contribution in [0.25, 0.3) is 0 Å². The summed E-state index contributed by atoms with van der Waals surface area (Å²) in [7, 11) is 0. The first-order valence-electron chi connectivity index (χ1n) is 4.44. The predicted molar refractivity (Wildman–Crippen MR) is 56.2 cm³/mol. The summed E-state index contributed by atoms with van der Waals surface area (Å²) in [5.41, 5.74) is -5.02. The summed E-state index contributed by atoms with van der Waals surface area (Å²) >= 11 is -0.256. The molecule has 0 fully saturated rings. The Kier molecular flexibility index (Phi) is 4.22. The fraction of sp³-hybridized carbons (Fsp3) is 0.333. The summed E-state index contributed by atoms with van der Waals surface area (Å²) < 4.78 is 36.5. The van der Waals surface area contributed by atoms with Gasteiger partial charge in [0.25, 0.3) is 5.56 Å². The molecule has 1 N–H and O–H groups in total. The maximum Gasteiger partial charge on any atom is 0.441 e. The lowest BCUT2D eigenvalue weighted by atomic mass is 10.3. The molecule has 1 heterocycles. The van der Waals surface area contributed by atoms with E-state index in [-0.39, 0.29) is 29.6 Å². The second-order valence-corrected chi connectivity index (χ2v) is 4.21. The van der Waals surface area contributed by atoms with Crippen molar-refractivity contribution < 1.29 is 23.1 Å². The number of rotatable bonds is 4. The van der Waals surface area contributed by atoms with Gasteiger partial charge in [-0.15, -0.1) is 0 Å².